The summed E-state index contributed by atoms with van der Waals surface area (Å²) in [6.45, 7) is 2.02. The molecule has 0 saturated carbocycles. The van der Waals surface area contributed by atoms with Crippen LogP contribution in [0.1, 0.15) is 16.8 Å². The number of hydrogen-bond donors (Lipinski definition) is 1. The molecule has 0 amide bonds. The van der Waals surface area contributed by atoms with Crippen molar-refractivity contribution < 1.29 is 4.74 Å². The van der Waals surface area contributed by atoms with Crippen LogP contribution in [0.3, 0.4) is 0 Å². The monoisotopic (exact) mass is 488 g/mol. The number of hydrogen-bond acceptors (Lipinski definition) is 3. The Hall–Kier alpha value is -1.30. The Morgan fingerprint density at radius 1 is 0.926 bits per heavy atom. The summed E-state index contributed by atoms with van der Waals surface area (Å²) in [5.74, 6) is 0.823. The van der Waals surface area contributed by atoms with Gasteiger partial charge in [0.1, 0.15) is 12.4 Å². The van der Waals surface area contributed by atoms with Crippen LogP contribution in [0.2, 0.25) is 5.02 Å². The molecule has 0 atom stereocenters. The fourth-order valence-electron chi connectivity index (χ4n) is 2.35. The molecule has 3 nitrogen and oxygen atoms in total. The molecule has 1 heterocycles. The van der Waals surface area contributed by atoms with E-state index in [-0.39, 0.29) is 24.8 Å². The SMILES string of the molecule is Cl.Cl.Clc1ccc(COc2ccc(CNCc3ccccn3)cc2Br)cc1. The fraction of sp³-hybridized carbons (Fsp3) is 0.150. The Bertz CT molecular complexity index is 817. The van der Waals surface area contributed by atoms with Crippen LogP contribution < -0.4 is 10.1 Å². The Morgan fingerprint density at radius 3 is 2.33 bits per heavy atom. The van der Waals surface area contributed by atoms with Crippen molar-refractivity contribution in [1.29, 1.82) is 0 Å². The van der Waals surface area contributed by atoms with Gasteiger partial charge in [0.15, 0.2) is 0 Å². The molecule has 0 fully saturated rings. The van der Waals surface area contributed by atoms with E-state index < -0.39 is 0 Å². The summed E-state index contributed by atoms with van der Waals surface area (Å²) < 4.78 is 6.81. The molecule has 0 unspecified atom stereocenters. The topological polar surface area (TPSA) is 34.1 Å². The molecular formula is C20H20BrCl3N2O. The van der Waals surface area contributed by atoms with Crippen molar-refractivity contribution >= 4 is 52.3 Å². The Balaban J connectivity index is 0.00000182. The second-order valence-corrected chi connectivity index (χ2v) is 6.90. The van der Waals surface area contributed by atoms with Crippen LogP contribution in [-0.4, -0.2) is 4.98 Å². The highest BCUT2D eigenvalue weighted by molar-refractivity contribution is 9.10. The van der Waals surface area contributed by atoms with Gasteiger partial charge in [0, 0.05) is 24.3 Å². The van der Waals surface area contributed by atoms with Gasteiger partial charge in [-0.2, -0.15) is 0 Å². The maximum atomic E-state index is 5.89. The Kier molecular flexibility index (Phi) is 10.7. The van der Waals surface area contributed by atoms with Gasteiger partial charge in [-0.05, 0) is 63.5 Å². The van der Waals surface area contributed by atoms with E-state index in [4.69, 9.17) is 16.3 Å². The average Bonchev–Trinajstić information content (AvgIpc) is 2.63. The van der Waals surface area contributed by atoms with Crippen molar-refractivity contribution in [1.82, 2.24) is 10.3 Å². The lowest BCUT2D eigenvalue weighted by atomic mass is 10.2. The minimum atomic E-state index is 0. The van der Waals surface area contributed by atoms with Gasteiger partial charge < -0.3 is 10.1 Å². The molecule has 3 rings (SSSR count). The lowest BCUT2D eigenvalue weighted by Gasteiger charge is -2.11. The Labute approximate surface area is 185 Å². The van der Waals surface area contributed by atoms with Crippen LogP contribution in [0.15, 0.2) is 71.3 Å². The van der Waals surface area contributed by atoms with E-state index >= 15 is 0 Å². The summed E-state index contributed by atoms with van der Waals surface area (Å²) in [5, 5.41) is 4.12. The molecule has 0 aliphatic rings. The van der Waals surface area contributed by atoms with Gasteiger partial charge in [0.25, 0.3) is 0 Å². The molecule has 1 N–H and O–H groups in total. The largest absolute Gasteiger partial charge is 0.488 e. The second kappa shape index (κ2) is 12.2. The van der Waals surface area contributed by atoms with E-state index in [0.29, 0.717) is 6.61 Å². The maximum Gasteiger partial charge on any atom is 0.134 e. The van der Waals surface area contributed by atoms with Crippen molar-refractivity contribution in [3.63, 3.8) is 0 Å². The minimum absolute atomic E-state index is 0. The summed E-state index contributed by atoms with van der Waals surface area (Å²) in [6, 6.07) is 19.7. The van der Waals surface area contributed by atoms with E-state index in [2.05, 4.69) is 38.4 Å². The highest BCUT2D eigenvalue weighted by Crippen LogP contribution is 2.27. The molecule has 1 aromatic heterocycles. The van der Waals surface area contributed by atoms with E-state index in [0.717, 1.165) is 39.6 Å². The van der Waals surface area contributed by atoms with Crippen LogP contribution in [0.5, 0.6) is 5.75 Å². The van der Waals surface area contributed by atoms with Gasteiger partial charge in [-0.25, -0.2) is 0 Å². The molecule has 7 heteroatoms. The number of ether oxygens (including phenoxy) is 1. The standard InChI is InChI=1S/C20H18BrClN2O.2ClH/c21-19-11-16(12-23-13-18-3-1-2-10-24-18)6-9-20(19)25-14-15-4-7-17(22)8-5-15;;/h1-11,23H,12-14H2;2*1H. The third kappa shape index (κ3) is 7.68. The van der Waals surface area contributed by atoms with Crippen LogP contribution >= 0.6 is 52.3 Å². The summed E-state index contributed by atoms with van der Waals surface area (Å²) in [4.78, 5) is 4.30. The van der Waals surface area contributed by atoms with Crippen LogP contribution in [0.4, 0.5) is 0 Å². The second-order valence-electron chi connectivity index (χ2n) is 5.60. The van der Waals surface area contributed by atoms with E-state index in [1.54, 1.807) is 6.20 Å². The van der Waals surface area contributed by atoms with Gasteiger partial charge >= 0.3 is 0 Å². The van der Waals surface area contributed by atoms with E-state index in [1.165, 1.54) is 5.56 Å². The highest BCUT2D eigenvalue weighted by atomic mass is 79.9. The first-order valence-electron chi connectivity index (χ1n) is 7.97. The van der Waals surface area contributed by atoms with Gasteiger partial charge in [0.2, 0.25) is 0 Å². The lowest BCUT2D eigenvalue weighted by Crippen LogP contribution is -2.13. The molecular weight excluding hydrogens is 470 g/mol. The molecule has 2 aromatic carbocycles. The lowest BCUT2D eigenvalue weighted by molar-refractivity contribution is 0.304. The third-order valence-electron chi connectivity index (χ3n) is 3.67. The molecule has 27 heavy (non-hydrogen) atoms. The normalized spacial score (nSPS) is 9.85. The Morgan fingerprint density at radius 2 is 1.67 bits per heavy atom. The summed E-state index contributed by atoms with van der Waals surface area (Å²) in [7, 11) is 0. The zero-order chi connectivity index (χ0) is 17.5. The number of pyridine rings is 1. The average molecular weight is 491 g/mol. The van der Waals surface area contributed by atoms with Crippen LogP contribution in [0.25, 0.3) is 0 Å². The third-order valence-corrected chi connectivity index (χ3v) is 4.54. The van der Waals surface area contributed by atoms with Crippen molar-refractivity contribution in [2.24, 2.45) is 0 Å². The number of nitrogens with zero attached hydrogens (tertiary/aromatic N) is 1. The summed E-state index contributed by atoms with van der Waals surface area (Å²) in [5.41, 5.74) is 3.29. The summed E-state index contributed by atoms with van der Waals surface area (Å²) >= 11 is 9.48. The molecule has 0 aliphatic heterocycles. The quantitative estimate of drug-likeness (QED) is 0.428. The molecule has 0 aliphatic carbocycles. The van der Waals surface area contributed by atoms with Gasteiger partial charge in [0.05, 0.1) is 10.2 Å². The fourth-order valence-corrected chi connectivity index (χ4v) is 3.02. The van der Waals surface area contributed by atoms with E-state index in [9.17, 15) is 0 Å². The molecule has 0 bridgehead atoms. The van der Waals surface area contributed by atoms with Crippen LogP contribution in [-0.2, 0) is 19.7 Å². The minimum Gasteiger partial charge on any atom is -0.488 e. The van der Waals surface area contributed by atoms with Gasteiger partial charge in [-0.1, -0.05) is 35.9 Å². The van der Waals surface area contributed by atoms with Crippen LogP contribution in [0, 0.1) is 0 Å². The zero-order valence-electron chi connectivity index (χ0n) is 14.4. The number of rotatable bonds is 7. The zero-order valence-corrected chi connectivity index (χ0v) is 18.4. The number of halogens is 4. The molecule has 0 radical (unpaired) electrons. The van der Waals surface area contributed by atoms with Crippen molar-refractivity contribution in [2.75, 3.05) is 0 Å². The van der Waals surface area contributed by atoms with E-state index in [1.807, 2.05) is 48.5 Å². The first kappa shape index (κ1) is 23.7. The van der Waals surface area contributed by atoms with Crippen molar-refractivity contribution in [3.05, 3.63) is 93.2 Å². The summed E-state index contributed by atoms with van der Waals surface area (Å²) in [6.07, 6.45) is 1.81. The molecule has 0 spiro atoms. The number of benzene rings is 2. The number of nitrogens with one attached hydrogen (secondary N) is 1. The highest BCUT2D eigenvalue weighted by Gasteiger charge is 2.04. The predicted octanol–water partition coefficient (Wildman–Crippen LogP) is 6.21. The van der Waals surface area contributed by atoms with Crippen molar-refractivity contribution in [3.8, 4) is 5.75 Å². The smallest absolute Gasteiger partial charge is 0.134 e. The molecule has 0 saturated heterocycles. The number of aromatic nitrogens is 1. The first-order valence-corrected chi connectivity index (χ1v) is 9.14. The molecule has 3 aromatic rings. The van der Waals surface area contributed by atoms with Gasteiger partial charge in [-0.15, -0.1) is 24.8 Å². The first-order chi connectivity index (χ1) is 12.2. The van der Waals surface area contributed by atoms with Crippen molar-refractivity contribution in [2.45, 2.75) is 19.7 Å². The maximum absolute atomic E-state index is 5.89. The predicted molar refractivity (Wildman–Crippen MR) is 119 cm³/mol. The van der Waals surface area contributed by atoms with Gasteiger partial charge in [-0.3, -0.25) is 4.98 Å². The molecule has 144 valence electrons.